The van der Waals surface area contributed by atoms with Crippen molar-refractivity contribution in [3.05, 3.63) is 23.8 Å². The Balaban J connectivity index is 1.95. The average Bonchev–Trinajstić information content (AvgIpc) is 2.72. The molecule has 0 aliphatic carbocycles. The van der Waals surface area contributed by atoms with Gasteiger partial charge in [-0.2, -0.15) is 0 Å². The number of hydrogen-bond donors (Lipinski definition) is 2. The van der Waals surface area contributed by atoms with Gasteiger partial charge in [0.2, 0.25) is 0 Å². The molecular formula is C13H20N2O2. The third kappa shape index (κ3) is 3.11. The number of nitrogens with zero attached hydrogens (tertiary/aromatic N) is 1. The second-order valence-electron chi connectivity index (χ2n) is 4.73. The molecular weight excluding hydrogens is 216 g/mol. The first-order chi connectivity index (χ1) is 8.19. The van der Waals surface area contributed by atoms with Crippen LogP contribution in [0.15, 0.2) is 18.2 Å². The fraction of sp³-hybridized carbons (Fsp3) is 0.538. The number of methoxy groups -OCH3 is 1. The zero-order valence-corrected chi connectivity index (χ0v) is 10.2. The highest BCUT2D eigenvalue weighted by Gasteiger charge is 2.22. The first kappa shape index (κ1) is 12.2. The van der Waals surface area contributed by atoms with Crippen LogP contribution in [-0.4, -0.2) is 36.8 Å². The van der Waals surface area contributed by atoms with Crippen molar-refractivity contribution in [1.82, 2.24) is 4.90 Å². The number of nitrogens with two attached hydrogens (primary N) is 1. The molecule has 1 atom stereocenters. The van der Waals surface area contributed by atoms with E-state index in [9.17, 15) is 5.11 Å². The molecule has 1 aliphatic heterocycles. The van der Waals surface area contributed by atoms with E-state index in [0.717, 1.165) is 38.2 Å². The SMILES string of the molecule is COCC1CCN(Cc2cc(N)ccc2O)C1. The highest BCUT2D eigenvalue weighted by molar-refractivity contribution is 5.47. The summed E-state index contributed by atoms with van der Waals surface area (Å²) in [6.07, 6.45) is 1.16. The molecule has 0 aromatic heterocycles. The number of phenolic OH excluding ortho intramolecular Hbond substituents is 1. The number of phenols is 1. The van der Waals surface area contributed by atoms with E-state index in [1.807, 2.05) is 6.07 Å². The number of likely N-dealkylation sites (tertiary alicyclic amines) is 1. The van der Waals surface area contributed by atoms with Crippen LogP contribution in [0.5, 0.6) is 5.75 Å². The Morgan fingerprint density at radius 3 is 3.12 bits per heavy atom. The van der Waals surface area contributed by atoms with Crippen LogP contribution in [-0.2, 0) is 11.3 Å². The van der Waals surface area contributed by atoms with Crippen molar-refractivity contribution >= 4 is 5.69 Å². The summed E-state index contributed by atoms with van der Waals surface area (Å²) in [6, 6.07) is 5.23. The van der Waals surface area contributed by atoms with E-state index in [4.69, 9.17) is 10.5 Å². The molecule has 94 valence electrons. The standard InChI is InChI=1S/C13H20N2O2/c1-17-9-10-4-5-15(7-10)8-11-6-12(14)2-3-13(11)16/h2-3,6,10,16H,4-5,7-9,14H2,1H3. The molecule has 1 aromatic rings. The third-order valence-corrected chi connectivity index (χ3v) is 3.27. The molecule has 1 fully saturated rings. The molecule has 17 heavy (non-hydrogen) atoms. The van der Waals surface area contributed by atoms with E-state index < -0.39 is 0 Å². The van der Waals surface area contributed by atoms with Gasteiger partial charge in [0.1, 0.15) is 5.75 Å². The van der Waals surface area contributed by atoms with Gasteiger partial charge in [0, 0.05) is 31.5 Å². The molecule has 4 nitrogen and oxygen atoms in total. The van der Waals surface area contributed by atoms with E-state index >= 15 is 0 Å². The Bertz CT molecular complexity index is 382. The Morgan fingerprint density at radius 2 is 2.35 bits per heavy atom. The minimum atomic E-state index is 0.328. The first-order valence-electron chi connectivity index (χ1n) is 5.97. The number of anilines is 1. The molecule has 0 radical (unpaired) electrons. The lowest BCUT2D eigenvalue weighted by molar-refractivity contribution is 0.152. The maximum absolute atomic E-state index is 9.76. The zero-order valence-electron chi connectivity index (χ0n) is 10.2. The maximum atomic E-state index is 9.76. The predicted octanol–water partition coefficient (Wildman–Crippen LogP) is 1.44. The fourth-order valence-electron chi connectivity index (χ4n) is 2.40. The van der Waals surface area contributed by atoms with Crippen LogP contribution in [0.25, 0.3) is 0 Å². The van der Waals surface area contributed by atoms with Gasteiger partial charge in [0.05, 0.1) is 6.61 Å². The number of nitrogen functional groups attached to an aromatic ring is 1. The Labute approximate surface area is 102 Å². The van der Waals surface area contributed by atoms with Crippen molar-refractivity contribution in [2.24, 2.45) is 5.92 Å². The number of rotatable bonds is 4. The Morgan fingerprint density at radius 1 is 1.53 bits per heavy atom. The van der Waals surface area contributed by atoms with Crippen LogP contribution in [0.3, 0.4) is 0 Å². The summed E-state index contributed by atoms with van der Waals surface area (Å²) in [5.74, 6) is 0.942. The van der Waals surface area contributed by atoms with Gasteiger partial charge in [0.25, 0.3) is 0 Å². The van der Waals surface area contributed by atoms with Gasteiger partial charge in [-0.1, -0.05) is 0 Å². The minimum Gasteiger partial charge on any atom is -0.508 e. The van der Waals surface area contributed by atoms with E-state index in [1.54, 1.807) is 19.2 Å². The van der Waals surface area contributed by atoms with Crippen molar-refractivity contribution in [2.75, 3.05) is 32.5 Å². The highest BCUT2D eigenvalue weighted by atomic mass is 16.5. The molecule has 1 aromatic carbocycles. The van der Waals surface area contributed by atoms with Crippen LogP contribution >= 0.6 is 0 Å². The molecule has 0 spiro atoms. The van der Waals surface area contributed by atoms with Crippen molar-refractivity contribution in [1.29, 1.82) is 0 Å². The van der Waals surface area contributed by atoms with Gasteiger partial charge in [-0.15, -0.1) is 0 Å². The second-order valence-corrected chi connectivity index (χ2v) is 4.73. The molecule has 4 heteroatoms. The molecule has 1 saturated heterocycles. The van der Waals surface area contributed by atoms with E-state index in [2.05, 4.69) is 4.90 Å². The number of ether oxygens (including phenoxy) is 1. The summed E-state index contributed by atoms with van der Waals surface area (Å²) in [5, 5.41) is 9.76. The van der Waals surface area contributed by atoms with E-state index in [-0.39, 0.29) is 0 Å². The highest BCUT2D eigenvalue weighted by Crippen LogP contribution is 2.24. The fourth-order valence-corrected chi connectivity index (χ4v) is 2.40. The summed E-state index contributed by atoms with van der Waals surface area (Å²) in [5.41, 5.74) is 7.33. The average molecular weight is 236 g/mol. The summed E-state index contributed by atoms with van der Waals surface area (Å²) in [4.78, 5) is 2.33. The molecule has 3 N–H and O–H groups in total. The van der Waals surface area contributed by atoms with Crippen LogP contribution in [0, 0.1) is 5.92 Å². The Kier molecular flexibility index (Phi) is 3.86. The third-order valence-electron chi connectivity index (χ3n) is 3.27. The molecule has 1 heterocycles. The van der Waals surface area contributed by atoms with Gasteiger partial charge in [0.15, 0.2) is 0 Å². The van der Waals surface area contributed by atoms with E-state index in [0.29, 0.717) is 17.4 Å². The van der Waals surface area contributed by atoms with Crippen LogP contribution in [0.4, 0.5) is 5.69 Å². The number of aromatic hydroxyl groups is 1. The molecule has 2 rings (SSSR count). The zero-order chi connectivity index (χ0) is 12.3. The lowest BCUT2D eigenvalue weighted by atomic mass is 10.1. The molecule has 0 bridgehead atoms. The van der Waals surface area contributed by atoms with Crippen LogP contribution in [0.2, 0.25) is 0 Å². The van der Waals surface area contributed by atoms with Crippen molar-refractivity contribution in [2.45, 2.75) is 13.0 Å². The van der Waals surface area contributed by atoms with Gasteiger partial charge >= 0.3 is 0 Å². The predicted molar refractivity (Wildman–Crippen MR) is 67.8 cm³/mol. The number of hydrogen-bond acceptors (Lipinski definition) is 4. The maximum Gasteiger partial charge on any atom is 0.120 e. The number of benzene rings is 1. The normalized spacial score (nSPS) is 20.9. The van der Waals surface area contributed by atoms with Crippen molar-refractivity contribution in [3.63, 3.8) is 0 Å². The smallest absolute Gasteiger partial charge is 0.120 e. The van der Waals surface area contributed by atoms with Crippen molar-refractivity contribution < 1.29 is 9.84 Å². The van der Waals surface area contributed by atoms with Gasteiger partial charge < -0.3 is 15.6 Å². The molecule has 1 aliphatic rings. The lowest BCUT2D eigenvalue weighted by Gasteiger charge is -2.17. The largest absolute Gasteiger partial charge is 0.508 e. The topological polar surface area (TPSA) is 58.7 Å². The monoisotopic (exact) mass is 236 g/mol. The molecule has 0 amide bonds. The summed E-state index contributed by atoms with van der Waals surface area (Å²) >= 11 is 0. The summed E-state index contributed by atoms with van der Waals surface area (Å²) < 4.78 is 5.17. The quantitative estimate of drug-likeness (QED) is 0.613. The van der Waals surface area contributed by atoms with Gasteiger partial charge in [-0.25, -0.2) is 0 Å². The van der Waals surface area contributed by atoms with E-state index in [1.165, 1.54) is 0 Å². The molecule has 0 saturated carbocycles. The van der Waals surface area contributed by atoms with Gasteiger partial charge in [-0.3, -0.25) is 4.90 Å². The van der Waals surface area contributed by atoms with Crippen LogP contribution in [0.1, 0.15) is 12.0 Å². The Hall–Kier alpha value is -1.26. The van der Waals surface area contributed by atoms with Gasteiger partial charge in [-0.05, 0) is 37.1 Å². The first-order valence-corrected chi connectivity index (χ1v) is 5.97. The minimum absolute atomic E-state index is 0.328. The summed E-state index contributed by atoms with van der Waals surface area (Å²) in [6.45, 7) is 3.67. The second kappa shape index (κ2) is 5.38. The van der Waals surface area contributed by atoms with Crippen LogP contribution < -0.4 is 5.73 Å². The van der Waals surface area contributed by atoms with Crippen molar-refractivity contribution in [3.8, 4) is 5.75 Å². The summed E-state index contributed by atoms with van der Waals surface area (Å²) in [7, 11) is 1.74. The molecule has 1 unspecified atom stereocenters. The lowest BCUT2D eigenvalue weighted by Crippen LogP contribution is -2.21.